The van der Waals surface area contributed by atoms with Gasteiger partial charge in [0.05, 0.1) is 0 Å². The molecule has 4 N–H and O–H groups in total. The van der Waals surface area contributed by atoms with Gasteiger partial charge in [0.15, 0.2) is 0 Å². The molecule has 0 atom stereocenters. The minimum absolute atomic E-state index is 0.498. The Kier molecular flexibility index (Phi) is 4.84. The van der Waals surface area contributed by atoms with Crippen molar-refractivity contribution in [3.63, 3.8) is 0 Å². The summed E-state index contributed by atoms with van der Waals surface area (Å²) in [5, 5.41) is 0. The van der Waals surface area contributed by atoms with Gasteiger partial charge in [-0.05, 0) is 0 Å². The molecule has 0 aromatic carbocycles. The van der Waals surface area contributed by atoms with Crippen LogP contribution in [0.3, 0.4) is 0 Å². The van der Waals surface area contributed by atoms with E-state index in [1.165, 1.54) is 0 Å². The largest absolute Gasteiger partial charge is 0.326 e. The van der Waals surface area contributed by atoms with Crippen LogP contribution in [0, 0.1) is 0 Å². The molecule has 0 fully saturated rings. The Morgan fingerprint density at radius 2 is 1.25 bits per heavy atom. The summed E-state index contributed by atoms with van der Waals surface area (Å²) in [6, 6.07) is 0. The average molecular weight is 244 g/mol. The molecular weight excluding hydrogens is 236 g/mol. The molecule has 0 saturated heterocycles. The number of rotatable bonds is 2. The van der Waals surface area contributed by atoms with E-state index in [0.717, 1.165) is 8.96 Å². The van der Waals surface area contributed by atoms with Crippen molar-refractivity contribution in [2.75, 3.05) is 13.1 Å². The molecule has 0 saturated carbocycles. The predicted molar refractivity (Wildman–Crippen MR) is 43.0 cm³/mol. The van der Waals surface area contributed by atoms with Gasteiger partial charge in [0.25, 0.3) is 0 Å². The molecule has 0 bridgehead atoms. The van der Waals surface area contributed by atoms with Crippen molar-refractivity contribution in [3.8, 4) is 0 Å². The van der Waals surface area contributed by atoms with Crippen LogP contribution in [0.25, 0.3) is 0 Å². The Morgan fingerprint density at radius 1 is 1.00 bits per heavy atom. The van der Waals surface area contributed by atoms with Crippen LogP contribution < -0.4 is 11.5 Å². The molecule has 48 valence electrons. The summed E-state index contributed by atoms with van der Waals surface area (Å²) < 4.78 is 1.86. The van der Waals surface area contributed by atoms with Gasteiger partial charge in [0, 0.05) is 22.1 Å². The second kappa shape index (κ2) is 4.49. The lowest BCUT2D eigenvalue weighted by molar-refractivity contribution is 1.17. The second-order valence-corrected chi connectivity index (χ2v) is 3.13. The summed E-state index contributed by atoms with van der Waals surface area (Å²) in [6.07, 6.45) is 0. The molecule has 8 heavy (non-hydrogen) atoms. The maximum Gasteiger partial charge on any atom is 0.0253 e. The topological polar surface area (TPSA) is 52.0 Å². The van der Waals surface area contributed by atoms with Gasteiger partial charge in [-0.15, -0.1) is 0 Å². The van der Waals surface area contributed by atoms with Crippen LogP contribution in [0.2, 0.25) is 0 Å². The summed E-state index contributed by atoms with van der Waals surface area (Å²) >= 11 is 6.46. The number of hydrogen-bond donors (Lipinski definition) is 2. The van der Waals surface area contributed by atoms with Gasteiger partial charge in [-0.3, -0.25) is 0 Å². The fourth-order valence-corrected chi connectivity index (χ4v) is 0.545. The van der Waals surface area contributed by atoms with Crippen LogP contribution in [0.5, 0.6) is 0 Å². The summed E-state index contributed by atoms with van der Waals surface area (Å²) in [5.74, 6) is 0. The molecule has 0 unspecified atom stereocenters. The molecule has 0 rings (SSSR count). The van der Waals surface area contributed by atoms with Gasteiger partial charge in [0.1, 0.15) is 0 Å². The first-order chi connectivity index (χ1) is 3.72. The summed E-state index contributed by atoms with van der Waals surface area (Å²) in [5.41, 5.74) is 10.5. The van der Waals surface area contributed by atoms with Crippen LogP contribution >= 0.6 is 31.9 Å². The van der Waals surface area contributed by atoms with Crippen molar-refractivity contribution in [1.82, 2.24) is 0 Å². The van der Waals surface area contributed by atoms with Gasteiger partial charge in [-0.2, -0.15) is 0 Å². The first kappa shape index (κ1) is 8.62. The third-order valence-electron chi connectivity index (χ3n) is 0.653. The minimum atomic E-state index is 0.498. The number of hydrogen-bond acceptors (Lipinski definition) is 2. The SMILES string of the molecule is NCC(Br)=C(Br)CN. The normalized spacial score (nSPS) is 13.5. The van der Waals surface area contributed by atoms with E-state index in [4.69, 9.17) is 11.5 Å². The summed E-state index contributed by atoms with van der Waals surface area (Å²) in [4.78, 5) is 0. The van der Waals surface area contributed by atoms with Crippen molar-refractivity contribution >= 4 is 31.9 Å². The van der Waals surface area contributed by atoms with E-state index in [1.807, 2.05) is 0 Å². The van der Waals surface area contributed by atoms with Crippen LogP contribution in [-0.2, 0) is 0 Å². The number of halogens is 2. The highest BCUT2D eigenvalue weighted by Crippen LogP contribution is 2.14. The van der Waals surface area contributed by atoms with E-state index in [9.17, 15) is 0 Å². The highest BCUT2D eigenvalue weighted by atomic mass is 79.9. The molecule has 2 nitrogen and oxygen atoms in total. The zero-order valence-electron chi connectivity index (χ0n) is 4.32. The van der Waals surface area contributed by atoms with Gasteiger partial charge >= 0.3 is 0 Å². The molecular formula is C4H8Br2N2. The van der Waals surface area contributed by atoms with Gasteiger partial charge < -0.3 is 11.5 Å². The summed E-state index contributed by atoms with van der Waals surface area (Å²) in [6.45, 7) is 0.996. The Bertz CT molecular complexity index is 88.2. The number of nitrogens with two attached hydrogens (primary N) is 2. The van der Waals surface area contributed by atoms with E-state index < -0.39 is 0 Å². The lowest BCUT2D eigenvalue weighted by Gasteiger charge is -1.95. The van der Waals surface area contributed by atoms with Crippen LogP contribution in [0.4, 0.5) is 0 Å². The van der Waals surface area contributed by atoms with Crippen molar-refractivity contribution in [3.05, 3.63) is 8.96 Å². The fourth-order valence-electron chi connectivity index (χ4n) is 0.221. The lowest BCUT2D eigenvalue weighted by Crippen LogP contribution is -2.05. The van der Waals surface area contributed by atoms with Crippen LogP contribution in [0.1, 0.15) is 0 Å². The minimum Gasteiger partial charge on any atom is -0.326 e. The average Bonchev–Trinajstić information content (AvgIpc) is 1.84. The Hall–Kier alpha value is 0.620. The van der Waals surface area contributed by atoms with Crippen molar-refractivity contribution in [2.24, 2.45) is 11.5 Å². The quantitative estimate of drug-likeness (QED) is 0.758. The monoisotopic (exact) mass is 242 g/mol. The molecule has 0 heterocycles. The predicted octanol–water partition coefficient (Wildman–Crippen LogP) is 0.905. The molecule has 0 aliphatic carbocycles. The zero-order valence-corrected chi connectivity index (χ0v) is 7.50. The maximum absolute atomic E-state index is 5.26. The van der Waals surface area contributed by atoms with Crippen molar-refractivity contribution in [2.45, 2.75) is 0 Å². The van der Waals surface area contributed by atoms with E-state index in [-0.39, 0.29) is 0 Å². The highest BCUT2D eigenvalue weighted by molar-refractivity contribution is 9.14. The maximum atomic E-state index is 5.26. The third-order valence-corrected chi connectivity index (χ3v) is 2.79. The van der Waals surface area contributed by atoms with E-state index in [0.29, 0.717) is 13.1 Å². The third kappa shape index (κ3) is 2.81. The molecule has 0 aliphatic heterocycles. The highest BCUT2D eigenvalue weighted by Gasteiger charge is 1.93. The second-order valence-electron chi connectivity index (χ2n) is 1.22. The standard InChI is InChI=1S/C4H8Br2N2/c5-3(1-7)4(6)2-8/h1-2,7-8H2. The fraction of sp³-hybridized carbons (Fsp3) is 0.500. The molecule has 0 radical (unpaired) electrons. The van der Waals surface area contributed by atoms with Crippen LogP contribution in [0.15, 0.2) is 8.96 Å². The van der Waals surface area contributed by atoms with Gasteiger partial charge in [0.2, 0.25) is 0 Å². The van der Waals surface area contributed by atoms with Crippen LogP contribution in [-0.4, -0.2) is 13.1 Å². The Morgan fingerprint density at radius 3 is 1.38 bits per heavy atom. The zero-order chi connectivity index (χ0) is 6.57. The van der Waals surface area contributed by atoms with E-state index in [2.05, 4.69) is 31.9 Å². The molecule has 0 aliphatic rings. The Balaban J connectivity index is 3.83. The van der Waals surface area contributed by atoms with Gasteiger partial charge in [-0.1, -0.05) is 31.9 Å². The first-order valence-corrected chi connectivity index (χ1v) is 3.74. The molecule has 0 amide bonds. The molecule has 0 aromatic rings. The van der Waals surface area contributed by atoms with Crippen molar-refractivity contribution in [1.29, 1.82) is 0 Å². The van der Waals surface area contributed by atoms with E-state index in [1.54, 1.807) is 0 Å². The van der Waals surface area contributed by atoms with Crippen molar-refractivity contribution < 1.29 is 0 Å². The molecule has 4 heteroatoms. The molecule has 0 spiro atoms. The smallest absolute Gasteiger partial charge is 0.0253 e. The summed E-state index contributed by atoms with van der Waals surface area (Å²) in [7, 11) is 0. The van der Waals surface area contributed by atoms with E-state index >= 15 is 0 Å². The lowest BCUT2D eigenvalue weighted by atomic mass is 10.5. The Labute approximate surface area is 65.6 Å². The first-order valence-electron chi connectivity index (χ1n) is 2.15. The van der Waals surface area contributed by atoms with Gasteiger partial charge in [-0.25, -0.2) is 0 Å². The molecule has 0 aromatic heterocycles.